The number of rotatable bonds is 26. The molecule has 3 aliphatic carbocycles. The molecule has 284 valence electrons. The topological polar surface area (TPSA) is 118 Å². The summed E-state index contributed by atoms with van der Waals surface area (Å²) in [7, 11) is 0. The molecule has 0 bridgehead atoms. The summed E-state index contributed by atoms with van der Waals surface area (Å²) in [5, 5.41) is 3.76. The molecular formula is C41H82N4O3. The molecule has 7 heteroatoms. The van der Waals surface area contributed by atoms with Crippen LogP contribution in [0.4, 0.5) is 0 Å². The molecule has 3 saturated carbocycles. The Morgan fingerprint density at radius 2 is 1.44 bits per heavy atom. The van der Waals surface area contributed by atoms with Gasteiger partial charge in [0.15, 0.2) is 0 Å². The summed E-state index contributed by atoms with van der Waals surface area (Å²) in [6, 6.07) is 0. The fourth-order valence-electron chi connectivity index (χ4n) is 10.6. The molecule has 0 aliphatic heterocycles. The van der Waals surface area contributed by atoms with Crippen molar-refractivity contribution in [2.24, 2.45) is 63.5 Å². The molecular weight excluding hydrogens is 596 g/mol. The van der Waals surface area contributed by atoms with Crippen LogP contribution in [0.1, 0.15) is 144 Å². The van der Waals surface area contributed by atoms with Crippen LogP contribution in [0.5, 0.6) is 0 Å². The van der Waals surface area contributed by atoms with Gasteiger partial charge in [-0.25, -0.2) is 0 Å². The van der Waals surface area contributed by atoms with E-state index >= 15 is 0 Å². The minimum Gasteiger partial charge on any atom is -0.381 e. The van der Waals surface area contributed by atoms with Crippen LogP contribution < -0.4 is 22.5 Å². The maximum Gasteiger partial charge on any atom is 0.0611 e. The van der Waals surface area contributed by atoms with Gasteiger partial charge in [0.05, 0.1) is 18.8 Å². The van der Waals surface area contributed by atoms with E-state index < -0.39 is 0 Å². The van der Waals surface area contributed by atoms with E-state index in [1.807, 2.05) is 0 Å². The third kappa shape index (κ3) is 11.9. The Hall–Kier alpha value is -0.280. The van der Waals surface area contributed by atoms with Gasteiger partial charge >= 0.3 is 0 Å². The van der Waals surface area contributed by atoms with Gasteiger partial charge in [0, 0.05) is 19.8 Å². The van der Waals surface area contributed by atoms with E-state index in [-0.39, 0.29) is 11.5 Å². The largest absolute Gasteiger partial charge is 0.381 e. The average molecular weight is 679 g/mol. The summed E-state index contributed by atoms with van der Waals surface area (Å²) in [6.07, 6.45) is 21.5. The van der Waals surface area contributed by atoms with Crippen LogP contribution in [0.3, 0.4) is 0 Å². The fraction of sp³-hybridized carbons (Fsp3) is 1.00. The van der Waals surface area contributed by atoms with Gasteiger partial charge in [-0.1, -0.05) is 66.7 Å². The van der Waals surface area contributed by atoms with E-state index in [0.717, 1.165) is 65.1 Å². The molecule has 0 aromatic heterocycles. The van der Waals surface area contributed by atoms with Crippen molar-refractivity contribution in [3.63, 3.8) is 0 Å². The lowest BCUT2D eigenvalue weighted by molar-refractivity contribution is -0.171. The van der Waals surface area contributed by atoms with E-state index in [2.05, 4.69) is 39.9 Å². The molecule has 0 radical (unpaired) electrons. The van der Waals surface area contributed by atoms with Crippen molar-refractivity contribution in [3.05, 3.63) is 0 Å². The van der Waals surface area contributed by atoms with Crippen molar-refractivity contribution < 1.29 is 14.2 Å². The SMILES string of the molecule is CCCCCCCCNCCCC(C)C1CCC(C2C(OCCCN)CC3CC(OCCCN)CCC3(C)C2C)C1(C)COCCCN. The van der Waals surface area contributed by atoms with E-state index in [1.54, 1.807) is 0 Å². The van der Waals surface area contributed by atoms with Crippen molar-refractivity contribution in [2.75, 3.05) is 59.2 Å². The van der Waals surface area contributed by atoms with Crippen LogP contribution >= 0.6 is 0 Å². The molecule has 10 unspecified atom stereocenters. The van der Waals surface area contributed by atoms with Gasteiger partial charge in [-0.15, -0.1) is 0 Å². The molecule has 0 amide bonds. The minimum absolute atomic E-state index is 0.139. The van der Waals surface area contributed by atoms with Crippen molar-refractivity contribution in [2.45, 2.75) is 156 Å². The summed E-state index contributed by atoms with van der Waals surface area (Å²) >= 11 is 0. The van der Waals surface area contributed by atoms with Crippen molar-refractivity contribution >= 4 is 0 Å². The lowest BCUT2D eigenvalue weighted by Crippen LogP contribution is -2.56. The van der Waals surface area contributed by atoms with Crippen LogP contribution in [-0.4, -0.2) is 71.4 Å². The van der Waals surface area contributed by atoms with Crippen LogP contribution in [0.2, 0.25) is 0 Å². The zero-order chi connectivity index (χ0) is 34.8. The summed E-state index contributed by atoms with van der Waals surface area (Å²) in [5.41, 5.74) is 18.1. The average Bonchev–Trinajstić information content (AvgIpc) is 3.41. The maximum atomic E-state index is 6.91. The number of hydrogen-bond acceptors (Lipinski definition) is 7. The molecule has 0 saturated heterocycles. The second kappa shape index (κ2) is 22.6. The molecule has 10 atom stereocenters. The Bertz CT molecular complexity index is 834. The zero-order valence-corrected chi connectivity index (χ0v) is 32.5. The van der Waals surface area contributed by atoms with E-state index in [0.29, 0.717) is 66.7 Å². The summed E-state index contributed by atoms with van der Waals surface area (Å²) < 4.78 is 19.8. The third-order valence-electron chi connectivity index (χ3n) is 13.7. The lowest BCUT2D eigenvalue weighted by Gasteiger charge is -2.59. The summed E-state index contributed by atoms with van der Waals surface area (Å²) in [5.74, 6) is 3.73. The van der Waals surface area contributed by atoms with E-state index in [4.69, 9.17) is 31.4 Å². The first-order valence-corrected chi connectivity index (χ1v) is 20.9. The Morgan fingerprint density at radius 1 is 0.771 bits per heavy atom. The number of ether oxygens (including phenoxy) is 3. The van der Waals surface area contributed by atoms with Gasteiger partial charge in [-0.2, -0.15) is 0 Å². The van der Waals surface area contributed by atoms with Crippen molar-refractivity contribution in [1.29, 1.82) is 0 Å². The number of nitrogens with two attached hydrogens (primary N) is 3. The lowest BCUT2D eigenvalue weighted by atomic mass is 9.48. The predicted octanol–water partition coefficient (Wildman–Crippen LogP) is 7.68. The fourth-order valence-corrected chi connectivity index (χ4v) is 10.6. The molecule has 3 rings (SSSR count). The standard InChI is InChI=1S/C41H82N4O3/c1-6-7-8-9-10-11-24-45-25-12-16-32(2)36-17-18-37(41(36,5)31-46-26-13-21-42)39-33(3)40(4)20-19-35(47-27-14-22-43)29-34(40)30-38(39)48-28-15-23-44/h32-39,45H,6-31,42-44H2,1-5H3. The summed E-state index contributed by atoms with van der Waals surface area (Å²) in [4.78, 5) is 0. The highest BCUT2D eigenvalue weighted by Crippen LogP contribution is 2.63. The second-order valence-corrected chi connectivity index (χ2v) is 16.9. The first-order chi connectivity index (χ1) is 23.3. The van der Waals surface area contributed by atoms with Crippen molar-refractivity contribution in [1.82, 2.24) is 5.32 Å². The van der Waals surface area contributed by atoms with Gasteiger partial charge in [-0.05, 0) is 156 Å². The normalized spacial score (nSPS) is 34.4. The molecule has 0 heterocycles. The summed E-state index contributed by atoms with van der Waals surface area (Å²) in [6.45, 7) is 20.2. The van der Waals surface area contributed by atoms with Gasteiger partial charge in [0.25, 0.3) is 0 Å². The molecule has 48 heavy (non-hydrogen) atoms. The Morgan fingerprint density at radius 3 is 2.17 bits per heavy atom. The quantitative estimate of drug-likeness (QED) is 0.0694. The first-order valence-electron chi connectivity index (χ1n) is 20.9. The van der Waals surface area contributed by atoms with Crippen LogP contribution in [0, 0.1) is 46.3 Å². The number of hydrogen-bond donors (Lipinski definition) is 4. The molecule has 7 N–H and O–H groups in total. The Labute approximate surface area is 297 Å². The van der Waals surface area contributed by atoms with Gasteiger partial charge in [0.2, 0.25) is 0 Å². The monoisotopic (exact) mass is 679 g/mol. The zero-order valence-electron chi connectivity index (χ0n) is 32.5. The smallest absolute Gasteiger partial charge is 0.0611 e. The van der Waals surface area contributed by atoms with E-state index in [9.17, 15) is 0 Å². The number of nitrogens with one attached hydrogen (secondary N) is 1. The highest BCUT2D eigenvalue weighted by atomic mass is 16.5. The third-order valence-corrected chi connectivity index (χ3v) is 13.7. The molecule has 3 fully saturated rings. The molecule has 7 nitrogen and oxygen atoms in total. The molecule has 0 aromatic carbocycles. The van der Waals surface area contributed by atoms with Gasteiger partial charge < -0.3 is 36.7 Å². The molecule has 3 aliphatic rings. The van der Waals surface area contributed by atoms with Crippen LogP contribution in [0.25, 0.3) is 0 Å². The van der Waals surface area contributed by atoms with Crippen LogP contribution in [-0.2, 0) is 14.2 Å². The van der Waals surface area contributed by atoms with Crippen LogP contribution in [0.15, 0.2) is 0 Å². The van der Waals surface area contributed by atoms with Crippen molar-refractivity contribution in [3.8, 4) is 0 Å². The highest BCUT2D eigenvalue weighted by molar-refractivity contribution is 5.08. The number of unbranched alkanes of at least 4 members (excludes halogenated alkanes) is 5. The first kappa shape index (κ1) is 42.1. The molecule has 0 spiro atoms. The Balaban J connectivity index is 1.71. The number of fused-ring (bicyclic) bond motifs is 1. The maximum absolute atomic E-state index is 6.91. The predicted molar refractivity (Wildman–Crippen MR) is 203 cm³/mol. The Kier molecular flexibility index (Phi) is 19.8. The molecule has 0 aromatic rings. The highest BCUT2D eigenvalue weighted by Gasteiger charge is 2.60. The second-order valence-electron chi connectivity index (χ2n) is 16.9. The van der Waals surface area contributed by atoms with E-state index in [1.165, 1.54) is 83.6 Å². The van der Waals surface area contributed by atoms with Gasteiger partial charge in [-0.3, -0.25) is 0 Å². The van der Waals surface area contributed by atoms with Gasteiger partial charge in [0.1, 0.15) is 0 Å². The minimum atomic E-state index is 0.139.